The molecule has 0 aromatic carbocycles. The van der Waals surface area contributed by atoms with Gasteiger partial charge >= 0.3 is 12.4 Å². The van der Waals surface area contributed by atoms with Gasteiger partial charge in [-0.15, -0.1) is 23.5 Å². The fourth-order valence-electron chi connectivity index (χ4n) is 3.09. The van der Waals surface area contributed by atoms with E-state index in [0.717, 1.165) is 23.5 Å². The lowest BCUT2D eigenvalue weighted by molar-refractivity contribution is -0.150. The molecule has 0 radical (unpaired) electrons. The summed E-state index contributed by atoms with van der Waals surface area (Å²) in [5.74, 6) is 0.806. The van der Waals surface area contributed by atoms with Crippen molar-refractivity contribution < 1.29 is 26.3 Å². The fraction of sp³-hybridized carbons (Fsp3) is 0.588. The number of halogens is 6. The van der Waals surface area contributed by atoms with Crippen molar-refractivity contribution in [2.45, 2.75) is 32.6 Å². The summed E-state index contributed by atoms with van der Waals surface area (Å²) in [6, 6.07) is 0. The van der Waals surface area contributed by atoms with Crippen LogP contribution in [0.2, 0.25) is 0 Å². The molecule has 3 nitrogen and oxygen atoms in total. The molecule has 1 aromatic heterocycles. The molecule has 0 spiro atoms. The summed E-state index contributed by atoms with van der Waals surface area (Å²) in [5, 5.41) is 0.211. The number of rotatable bonds is 4. The topological polar surface area (TPSA) is 37.6 Å². The van der Waals surface area contributed by atoms with E-state index in [1.54, 1.807) is 13.8 Å². The Morgan fingerprint density at radius 3 is 1.54 bits per heavy atom. The van der Waals surface area contributed by atoms with E-state index < -0.39 is 23.7 Å². The van der Waals surface area contributed by atoms with Gasteiger partial charge in [0.25, 0.3) is 0 Å². The molecule has 28 heavy (non-hydrogen) atoms. The summed E-state index contributed by atoms with van der Waals surface area (Å²) >= 11 is 2.23. The number of pyridine rings is 1. The van der Waals surface area contributed by atoms with Crippen LogP contribution in [-0.4, -0.2) is 39.7 Å². The summed E-state index contributed by atoms with van der Waals surface area (Å²) < 4.78 is 82.6. The van der Waals surface area contributed by atoms with E-state index in [1.165, 1.54) is 0 Å². The van der Waals surface area contributed by atoms with E-state index in [4.69, 9.17) is 0 Å². The van der Waals surface area contributed by atoms with Crippen LogP contribution in [0.25, 0.3) is 0 Å². The second-order valence-electron chi connectivity index (χ2n) is 6.70. The molecular formula is C17H17F6N3S2. The molecule has 0 aliphatic carbocycles. The number of hydrogen-bond donors (Lipinski definition) is 0. The number of hydrogen-bond acceptors (Lipinski definition) is 5. The van der Waals surface area contributed by atoms with Gasteiger partial charge in [-0.2, -0.15) is 26.3 Å². The lowest BCUT2D eigenvalue weighted by Gasteiger charge is -2.24. The highest BCUT2D eigenvalue weighted by Gasteiger charge is 2.46. The highest BCUT2D eigenvalue weighted by atomic mass is 32.2. The third-order valence-electron chi connectivity index (χ3n) is 4.05. The van der Waals surface area contributed by atoms with E-state index in [1.807, 2.05) is 0 Å². The van der Waals surface area contributed by atoms with Crippen LogP contribution in [-0.2, 0) is 18.8 Å². The van der Waals surface area contributed by atoms with Gasteiger partial charge in [0, 0.05) is 35.7 Å². The molecule has 3 rings (SSSR count). The van der Waals surface area contributed by atoms with Gasteiger partial charge in [-0.25, -0.2) is 4.98 Å². The average Bonchev–Trinajstić information content (AvgIpc) is 3.25. The van der Waals surface area contributed by atoms with Crippen LogP contribution in [0.3, 0.4) is 0 Å². The molecule has 0 fully saturated rings. The molecule has 0 bridgehead atoms. The molecule has 154 valence electrons. The Morgan fingerprint density at radius 1 is 0.821 bits per heavy atom. The maximum absolute atomic E-state index is 13.8. The summed E-state index contributed by atoms with van der Waals surface area (Å²) in [6.07, 6.45) is -10.0. The summed E-state index contributed by atoms with van der Waals surface area (Å²) in [5.41, 5.74) is -3.68. The Balaban J connectivity index is 2.43. The lowest BCUT2D eigenvalue weighted by atomic mass is 9.91. The third kappa shape index (κ3) is 4.34. The first-order valence-corrected chi connectivity index (χ1v) is 10.5. The molecule has 2 aliphatic rings. The van der Waals surface area contributed by atoms with Gasteiger partial charge in [-0.3, -0.25) is 9.98 Å². The number of thioether (sulfide) groups is 2. The van der Waals surface area contributed by atoms with Gasteiger partial charge in [-0.05, 0) is 17.9 Å². The standard InChI is InChI=1S/C17H17F6N3S2/c1-8(2)7-9-10(14-24-3-5-27-14)12(16(18,19)20)26-13(17(21,22)23)11(9)15-25-4-6-28-15/h8H,3-7H2,1-2H3. The Bertz CT molecular complexity index is 767. The maximum atomic E-state index is 13.8. The van der Waals surface area contributed by atoms with E-state index in [9.17, 15) is 26.3 Å². The number of aliphatic imine (C=N–C) groups is 2. The largest absolute Gasteiger partial charge is 0.434 e. The molecule has 0 atom stereocenters. The molecular weight excluding hydrogens is 424 g/mol. The first-order valence-electron chi connectivity index (χ1n) is 8.56. The molecule has 3 heterocycles. The van der Waals surface area contributed by atoms with Crippen molar-refractivity contribution in [1.82, 2.24) is 4.98 Å². The SMILES string of the molecule is CC(C)Cc1c(C2=NCCS2)c(C(F)(F)F)nc(C(F)(F)F)c1C1=NCCS1. The van der Waals surface area contributed by atoms with Crippen molar-refractivity contribution in [3.8, 4) is 0 Å². The van der Waals surface area contributed by atoms with E-state index in [2.05, 4.69) is 15.0 Å². The molecule has 2 aliphatic heterocycles. The smallest absolute Gasteiger partial charge is 0.277 e. The second kappa shape index (κ2) is 7.89. The minimum Gasteiger partial charge on any atom is -0.277 e. The van der Waals surface area contributed by atoms with Gasteiger partial charge in [0.1, 0.15) is 10.1 Å². The Hall–Kier alpha value is -1.23. The van der Waals surface area contributed by atoms with Crippen LogP contribution in [0.1, 0.15) is 41.9 Å². The molecule has 1 aromatic rings. The van der Waals surface area contributed by atoms with E-state index >= 15 is 0 Å². The zero-order valence-electron chi connectivity index (χ0n) is 15.0. The van der Waals surface area contributed by atoms with Crippen molar-refractivity contribution in [3.05, 3.63) is 28.1 Å². The van der Waals surface area contributed by atoms with Crippen molar-refractivity contribution in [1.29, 1.82) is 0 Å². The van der Waals surface area contributed by atoms with Gasteiger partial charge in [-0.1, -0.05) is 13.8 Å². The van der Waals surface area contributed by atoms with E-state index in [0.29, 0.717) is 24.6 Å². The molecule has 0 amide bonds. The van der Waals surface area contributed by atoms with Gasteiger partial charge in [0.15, 0.2) is 11.4 Å². The predicted octanol–water partition coefficient (Wildman–Crippen LogP) is 5.30. The maximum Gasteiger partial charge on any atom is 0.434 e. The van der Waals surface area contributed by atoms with Crippen molar-refractivity contribution >= 4 is 33.6 Å². The van der Waals surface area contributed by atoms with Gasteiger partial charge in [0.2, 0.25) is 0 Å². The first kappa shape index (κ1) is 21.5. The third-order valence-corrected chi connectivity index (χ3v) is 6.04. The first-order chi connectivity index (χ1) is 13.0. The van der Waals surface area contributed by atoms with Crippen LogP contribution < -0.4 is 0 Å². The lowest BCUT2D eigenvalue weighted by Crippen LogP contribution is -2.26. The van der Waals surface area contributed by atoms with Crippen molar-refractivity contribution in [3.63, 3.8) is 0 Å². The minimum absolute atomic E-state index is 0.00838. The van der Waals surface area contributed by atoms with Crippen LogP contribution in [0.4, 0.5) is 26.3 Å². The zero-order valence-corrected chi connectivity index (χ0v) is 16.7. The van der Waals surface area contributed by atoms with Crippen LogP contribution in [0.15, 0.2) is 9.98 Å². The minimum atomic E-state index is -5.03. The second-order valence-corrected chi connectivity index (χ2v) is 8.87. The molecule has 11 heteroatoms. The Kier molecular flexibility index (Phi) is 6.05. The number of nitrogens with zero attached hydrogens (tertiary/aromatic N) is 3. The molecule has 0 unspecified atom stereocenters. The van der Waals surface area contributed by atoms with Gasteiger partial charge in [0.05, 0.1) is 0 Å². The van der Waals surface area contributed by atoms with E-state index in [-0.39, 0.29) is 39.1 Å². The fourth-order valence-corrected chi connectivity index (χ4v) is 4.94. The monoisotopic (exact) mass is 441 g/mol. The van der Waals surface area contributed by atoms with Crippen LogP contribution in [0, 0.1) is 5.92 Å². The van der Waals surface area contributed by atoms with Crippen molar-refractivity contribution in [2.24, 2.45) is 15.9 Å². The summed E-state index contributed by atoms with van der Waals surface area (Å²) in [7, 11) is 0. The average molecular weight is 441 g/mol. The normalized spacial score (nSPS) is 18.0. The quantitative estimate of drug-likeness (QED) is 0.595. The summed E-state index contributed by atoms with van der Waals surface area (Å²) in [4.78, 5) is 11.4. The molecule has 0 N–H and O–H groups in total. The van der Waals surface area contributed by atoms with Crippen molar-refractivity contribution in [2.75, 3.05) is 24.6 Å². The predicted molar refractivity (Wildman–Crippen MR) is 101 cm³/mol. The van der Waals surface area contributed by atoms with Crippen LogP contribution in [0.5, 0.6) is 0 Å². The van der Waals surface area contributed by atoms with Crippen LogP contribution >= 0.6 is 23.5 Å². The Labute approximate surface area is 166 Å². The zero-order chi connectivity index (χ0) is 20.7. The van der Waals surface area contributed by atoms with Gasteiger partial charge < -0.3 is 0 Å². The number of aromatic nitrogens is 1. The highest BCUT2D eigenvalue weighted by molar-refractivity contribution is 8.15. The Morgan fingerprint density at radius 2 is 1.25 bits per heavy atom. The molecule has 0 saturated heterocycles. The number of alkyl halides is 6. The molecule has 0 saturated carbocycles. The summed E-state index contributed by atoms with van der Waals surface area (Å²) in [6.45, 7) is 4.15. The highest BCUT2D eigenvalue weighted by Crippen LogP contribution is 2.43.